The maximum atomic E-state index is 5.97. The maximum absolute atomic E-state index is 5.97. The Bertz CT molecular complexity index is 581. The maximum Gasteiger partial charge on any atom is 0.175 e. The van der Waals surface area contributed by atoms with Crippen LogP contribution in [0, 0.1) is 0 Å². The van der Waals surface area contributed by atoms with Gasteiger partial charge in [0, 0.05) is 18.2 Å². The summed E-state index contributed by atoms with van der Waals surface area (Å²) >= 11 is 3.52. The zero-order valence-corrected chi connectivity index (χ0v) is 12.0. The number of halogens is 1. The molecule has 1 aromatic carbocycles. The smallest absolute Gasteiger partial charge is 0.175 e. The van der Waals surface area contributed by atoms with Gasteiger partial charge in [0.05, 0.1) is 24.9 Å². The fourth-order valence-electron chi connectivity index (χ4n) is 1.75. The molecule has 0 fully saturated rings. The lowest BCUT2D eigenvalue weighted by atomic mass is 10.1. The second-order valence-electron chi connectivity index (χ2n) is 3.73. The highest BCUT2D eigenvalue weighted by Crippen LogP contribution is 2.43. The second kappa shape index (κ2) is 4.89. The van der Waals surface area contributed by atoms with E-state index in [0.29, 0.717) is 17.3 Å². The number of nitrogens with two attached hydrogens (primary N) is 1. The lowest BCUT2D eigenvalue weighted by Crippen LogP contribution is -1.99. The average molecular weight is 312 g/mol. The van der Waals surface area contributed by atoms with Crippen molar-refractivity contribution in [2.24, 2.45) is 7.05 Å². The van der Waals surface area contributed by atoms with E-state index in [1.165, 1.54) is 0 Å². The Morgan fingerprint density at radius 2 is 1.94 bits per heavy atom. The van der Waals surface area contributed by atoms with Gasteiger partial charge in [0.2, 0.25) is 0 Å². The predicted octanol–water partition coefficient (Wildman–Crippen LogP) is 2.45. The van der Waals surface area contributed by atoms with E-state index < -0.39 is 0 Å². The van der Waals surface area contributed by atoms with Gasteiger partial charge in [-0.05, 0) is 28.1 Å². The minimum atomic E-state index is 0.600. The zero-order chi connectivity index (χ0) is 13.3. The summed E-state index contributed by atoms with van der Waals surface area (Å²) in [5, 5.41) is 4.13. The first kappa shape index (κ1) is 12.8. The number of rotatable bonds is 3. The Hall–Kier alpha value is -1.69. The van der Waals surface area contributed by atoms with Gasteiger partial charge in [-0.2, -0.15) is 5.10 Å². The van der Waals surface area contributed by atoms with Crippen LogP contribution >= 0.6 is 15.9 Å². The molecule has 1 aromatic heterocycles. The van der Waals surface area contributed by atoms with E-state index in [4.69, 9.17) is 15.2 Å². The molecule has 2 aromatic rings. The Balaban J connectivity index is 2.63. The van der Waals surface area contributed by atoms with Gasteiger partial charge < -0.3 is 15.2 Å². The fourth-order valence-corrected chi connectivity index (χ4v) is 2.45. The zero-order valence-electron chi connectivity index (χ0n) is 10.4. The van der Waals surface area contributed by atoms with Crippen LogP contribution in [0.15, 0.2) is 22.8 Å². The number of aromatic nitrogens is 2. The van der Waals surface area contributed by atoms with Crippen molar-refractivity contribution < 1.29 is 9.47 Å². The third-order valence-electron chi connectivity index (χ3n) is 2.76. The normalized spacial score (nSPS) is 10.4. The minimum Gasteiger partial charge on any atom is -0.493 e. The van der Waals surface area contributed by atoms with Crippen molar-refractivity contribution in [2.75, 3.05) is 20.0 Å². The molecule has 0 radical (unpaired) electrons. The summed E-state index contributed by atoms with van der Waals surface area (Å²) in [6.45, 7) is 0. The van der Waals surface area contributed by atoms with Gasteiger partial charge in [-0.1, -0.05) is 0 Å². The minimum absolute atomic E-state index is 0.600. The van der Waals surface area contributed by atoms with E-state index in [-0.39, 0.29) is 0 Å². The standard InChI is InChI=1S/C12H14BrN3O2/c1-16-12(14)8(6-15-16)7-4-5-9(17-2)11(18-3)10(7)13/h4-6H,14H2,1-3H3. The summed E-state index contributed by atoms with van der Waals surface area (Å²) < 4.78 is 13.0. The highest BCUT2D eigenvalue weighted by atomic mass is 79.9. The van der Waals surface area contributed by atoms with E-state index in [0.717, 1.165) is 15.6 Å². The quantitative estimate of drug-likeness (QED) is 0.945. The molecule has 0 amide bonds. The van der Waals surface area contributed by atoms with E-state index >= 15 is 0 Å². The van der Waals surface area contributed by atoms with Crippen LogP contribution in [0.2, 0.25) is 0 Å². The molecule has 18 heavy (non-hydrogen) atoms. The van der Waals surface area contributed by atoms with Gasteiger partial charge in [0.15, 0.2) is 11.5 Å². The first-order valence-corrected chi connectivity index (χ1v) is 6.07. The second-order valence-corrected chi connectivity index (χ2v) is 4.52. The van der Waals surface area contributed by atoms with Crippen molar-refractivity contribution in [1.29, 1.82) is 0 Å². The average Bonchev–Trinajstić information content (AvgIpc) is 2.70. The van der Waals surface area contributed by atoms with Gasteiger partial charge in [0.25, 0.3) is 0 Å². The van der Waals surface area contributed by atoms with Crippen molar-refractivity contribution in [1.82, 2.24) is 9.78 Å². The molecule has 6 heteroatoms. The Morgan fingerprint density at radius 3 is 2.44 bits per heavy atom. The molecule has 2 rings (SSSR count). The van der Waals surface area contributed by atoms with E-state index in [9.17, 15) is 0 Å². The molecule has 96 valence electrons. The molecule has 1 heterocycles. The van der Waals surface area contributed by atoms with Crippen molar-refractivity contribution in [3.8, 4) is 22.6 Å². The molecule has 0 spiro atoms. The molecule has 0 unspecified atom stereocenters. The molecule has 2 N–H and O–H groups in total. The summed E-state index contributed by atoms with van der Waals surface area (Å²) in [4.78, 5) is 0. The highest BCUT2D eigenvalue weighted by Gasteiger charge is 2.17. The summed E-state index contributed by atoms with van der Waals surface area (Å²) in [5.41, 5.74) is 7.74. The summed E-state index contributed by atoms with van der Waals surface area (Å²) in [6, 6.07) is 3.75. The van der Waals surface area contributed by atoms with E-state index in [1.807, 2.05) is 12.1 Å². The molecule has 0 aliphatic heterocycles. The Kier molecular flexibility index (Phi) is 3.47. The number of nitrogens with zero attached hydrogens (tertiary/aromatic N) is 2. The van der Waals surface area contributed by atoms with Gasteiger partial charge in [-0.15, -0.1) is 0 Å². The van der Waals surface area contributed by atoms with Crippen LogP contribution in [0.25, 0.3) is 11.1 Å². The number of benzene rings is 1. The van der Waals surface area contributed by atoms with E-state index in [1.54, 1.807) is 32.1 Å². The third kappa shape index (κ3) is 1.92. The summed E-state index contributed by atoms with van der Waals surface area (Å²) in [5.74, 6) is 1.90. The summed E-state index contributed by atoms with van der Waals surface area (Å²) in [7, 11) is 4.99. The molecule has 0 aliphatic rings. The summed E-state index contributed by atoms with van der Waals surface area (Å²) in [6.07, 6.45) is 1.72. The molecular weight excluding hydrogens is 298 g/mol. The number of hydrogen-bond donors (Lipinski definition) is 1. The number of ether oxygens (including phenoxy) is 2. The number of anilines is 1. The molecule has 0 saturated heterocycles. The first-order valence-electron chi connectivity index (χ1n) is 5.28. The molecule has 0 aliphatic carbocycles. The monoisotopic (exact) mass is 311 g/mol. The number of hydrogen-bond acceptors (Lipinski definition) is 4. The molecule has 0 atom stereocenters. The third-order valence-corrected chi connectivity index (χ3v) is 3.55. The van der Waals surface area contributed by atoms with Crippen molar-refractivity contribution in [2.45, 2.75) is 0 Å². The number of methoxy groups -OCH3 is 2. The fraction of sp³-hybridized carbons (Fsp3) is 0.250. The largest absolute Gasteiger partial charge is 0.493 e. The molecule has 5 nitrogen and oxygen atoms in total. The van der Waals surface area contributed by atoms with Crippen LogP contribution in [0.5, 0.6) is 11.5 Å². The lowest BCUT2D eigenvalue weighted by Gasteiger charge is -2.12. The lowest BCUT2D eigenvalue weighted by molar-refractivity contribution is 0.353. The predicted molar refractivity (Wildman–Crippen MR) is 73.9 cm³/mol. The van der Waals surface area contributed by atoms with Crippen LogP contribution in [-0.4, -0.2) is 24.0 Å². The Morgan fingerprint density at radius 1 is 1.22 bits per heavy atom. The first-order chi connectivity index (χ1) is 8.60. The van der Waals surface area contributed by atoms with Crippen LogP contribution < -0.4 is 15.2 Å². The molecule has 0 saturated carbocycles. The van der Waals surface area contributed by atoms with Gasteiger partial charge in [-0.3, -0.25) is 4.68 Å². The van der Waals surface area contributed by atoms with Crippen molar-refractivity contribution in [3.05, 3.63) is 22.8 Å². The van der Waals surface area contributed by atoms with Gasteiger partial charge >= 0.3 is 0 Å². The van der Waals surface area contributed by atoms with Gasteiger partial charge in [0.1, 0.15) is 5.82 Å². The number of aryl methyl sites for hydroxylation is 1. The number of nitrogen functional groups attached to an aromatic ring is 1. The van der Waals surface area contributed by atoms with Gasteiger partial charge in [-0.25, -0.2) is 0 Å². The van der Waals surface area contributed by atoms with E-state index in [2.05, 4.69) is 21.0 Å². The van der Waals surface area contributed by atoms with Crippen LogP contribution in [0.3, 0.4) is 0 Å². The molecular formula is C12H14BrN3O2. The van der Waals surface area contributed by atoms with Crippen LogP contribution in [0.1, 0.15) is 0 Å². The van der Waals surface area contributed by atoms with Crippen molar-refractivity contribution >= 4 is 21.7 Å². The van der Waals surface area contributed by atoms with Crippen LogP contribution in [-0.2, 0) is 7.05 Å². The van der Waals surface area contributed by atoms with Crippen molar-refractivity contribution in [3.63, 3.8) is 0 Å². The Labute approximate surface area is 114 Å². The van der Waals surface area contributed by atoms with Crippen LogP contribution in [0.4, 0.5) is 5.82 Å². The SMILES string of the molecule is COc1ccc(-c2cnn(C)c2N)c(Br)c1OC. The topological polar surface area (TPSA) is 62.3 Å². The molecule has 0 bridgehead atoms. The highest BCUT2D eigenvalue weighted by molar-refractivity contribution is 9.10.